The van der Waals surface area contributed by atoms with Crippen LogP contribution < -0.4 is 5.32 Å². The Hall–Kier alpha value is -0.870. The molecule has 0 saturated carbocycles. The molecule has 0 amide bonds. The molecule has 1 aromatic rings. The van der Waals surface area contributed by atoms with E-state index >= 15 is 0 Å². The molecule has 0 radical (unpaired) electrons. The molecule has 2 atom stereocenters. The number of hydrogen-bond donors (Lipinski definition) is 2. The van der Waals surface area contributed by atoms with Crippen molar-refractivity contribution in [3.05, 3.63) is 17.5 Å². The molecule has 3 rings (SSSR count). The van der Waals surface area contributed by atoms with Gasteiger partial charge in [0.15, 0.2) is 0 Å². The number of nitrogens with zero attached hydrogens (tertiary/aromatic N) is 1. The van der Waals surface area contributed by atoms with Crippen LogP contribution in [-0.2, 0) is 17.6 Å². The molecule has 0 spiro atoms. The highest BCUT2D eigenvalue weighted by Crippen LogP contribution is 2.20. The molecular formula is C12H19N3O. The van der Waals surface area contributed by atoms with Crippen LogP contribution in [0.25, 0.3) is 0 Å². The van der Waals surface area contributed by atoms with Gasteiger partial charge in [-0.15, -0.1) is 0 Å². The second kappa shape index (κ2) is 4.55. The number of aromatic nitrogens is 2. The minimum absolute atomic E-state index is 0.559. The van der Waals surface area contributed by atoms with Crippen LogP contribution in [0.15, 0.2) is 6.20 Å². The highest BCUT2D eigenvalue weighted by molar-refractivity contribution is 5.20. The van der Waals surface area contributed by atoms with Crippen LogP contribution in [0.2, 0.25) is 0 Å². The van der Waals surface area contributed by atoms with E-state index in [1.54, 1.807) is 0 Å². The van der Waals surface area contributed by atoms with Gasteiger partial charge in [0.1, 0.15) is 0 Å². The summed E-state index contributed by atoms with van der Waals surface area (Å²) in [7, 11) is 0. The fourth-order valence-corrected chi connectivity index (χ4v) is 2.76. The topological polar surface area (TPSA) is 49.9 Å². The molecule has 1 aromatic heterocycles. The average molecular weight is 221 g/mol. The number of aromatic amines is 1. The summed E-state index contributed by atoms with van der Waals surface area (Å²) in [5.74, 6) is 0. The molecular weight excluding hydrogens is 202 g/mol. The molecule has 88 valence electrons. The first-order valence-corrected chi connectivity index (χ1v) is 6.27. The predicted octanol–water partition coefficient (Wildman–Crippen LogP) is 1.04. The number of ether oxygens (including phenoxy) is 1. The fraction of sp³-hybridized carbons (Fsp3) is 0.750. The second-order valence-electron chi connectivity index (χ2n) is 4.89. The first kappa shape index (κ1) is 10.3. The maximum atomic E-state index is 5.50. The monoisotopic (exact) mass is 221 g/mol. The van der Waals surface area contributed by atoms with Gasteiger partial charge in [-0.1, -0.05) is 0 Å². The summed E-state index contributed by atoms with van der Waals surface area (Å²) in [6.07, 6.45) is 7.88. The van der Waals surface area contributed by atoms with Crippen LogP contribution in [0.3, 0.4) is 0 Å². The SMILES string of the molecule is c1n[nH]c2c1CCC(NC1CCCOC1)C2. The zero-order valence-corrected chi connectivity index (χ0v) is 9.54. The van der Waals surface area contributed by atoms with Gasteiger partial charge in [-0.05, 0) is 31.2 Å². The van der Waals surface area contributed by atoms with E-state index in [1.807, 2.05) is 6.20 Å². The van der Waals surface area contributed by atoms with E-state index < -0.39 is 0 Å². The van der Waals surface area contributed by atoms with Crippen molar-refractivity contribution in [2.45, 2.75) is 44.2 Å². The Balaban J connectivity index is 1.57. The molecule has 2 aliphatic rings. The third-order valence-corrected chi connectivity index (χ3v) is 3.65. The van der Waals surface area contributed by atoms with Crippen molar-refractivity contribution in [2.24, 2.45) is 0 Å². The average Bonchev–Trinajstić information content (AvgIpc) is 2.77. The number of rotatable bonds is 2. The van der Waals surface area contributed by atoms with Crippen molar-refractivity contribution in [3.8, 4) is 0 Å². The summed E-state index contributed by atoms with van der Waals surface area (Å²) in [6.45, 7) is 1.82. The highest BCUT2D eigenvalue weighted by atomic mass is 16.5. The van der Waals surface area contributed by atoms with E-state index in [0.29, 0.717) is 12.1 Å². The minimum atomic E-state index is 0.559. The number of aryl methyl sites for hydroxylation is 1. The standard InChI is InChI=1S/C12H19N3O/c1-2-11(8-16-5-1)14-10-4-3-9-7-13-15-12(9)6-10/h7,10-11,14H,1-6,8H2,(H,13,15). The molecule has 16 heavy (non-hydrogen) atoms. The molecule has 4 nitrogen and oxygen atoms in total. The summed E-state index contributed by atoms with van der Waals surface area (Å²) in [5.41, 5.74) is 2.72. The van der Waals surface area contributed by atoms with E-state index in [0.717, 1.165) is 26.1 Å². The van der Waals surface area contributed by atoms with Gasteiger partial charge >= 0.3 is 0 Å². The van der Waals surface area contributed by atoms with Crippen LogP contribution in [0, 0.1) is 0 Å². The molecule has 2 unspecified atom stereocenters. The lowest BCUT2D eigenvalue weighted by Crippen LogP contribution is -2.45. The summed E-state index contributed by atoms with van der Waals surface area (Å²) in [5, 5.41) is 10.9. The largest absolute Gasteiger partial charge is 0.380 e. The number of nitrogens with one attached hydrogen (secondary N) is 2. The normalized spacial score (nSPS) is 30.0. The molecule has 2 N–H and O–H groups in total. The molecule has 1 aliphatic heterocycles. The van der Waals surface area contributed by atoms with Gasteiger partial charge in [0.2, 0.25) is 0 Å². The number of H-pyrrole nitrogens is 1. The number of fused-ring (bicyclic) bond motifs is 1. The summed E-state index contributed by atoms with van der Waals surface area (Å²) in [4.78, 5) is 0. The minimum Gasteiger partial charge on any atom is -0.380 e. The third-order valence-electron chi connectivity index (χ3n) is 3.65. The quantitative estimate of drug-likeness (QED) is 0.784. The Labute approximate surface area is 95.8 Å². The zero-order valence-electron chi connectivity index (χ0n) is 9.54. The van der Waals surface area contributed by atoms with Crippen molar-refractivity contribution in [1.82, 2.24) is 15.5 Å². The molecule has 2 heterocycles. The Morgan fingerprint density at radius 2 is 2.38 bits per heavy atom. The van der Waals surface area contributed by atoms with E-state index in [4.69, 9.17) is 4.74 Å². The lowest BCUT2D eigenvalue weighted by molar-refractivity contribution is 0.0656. The highest BCUT2D eigenvalue weighted by Gasteiger charge is 2.23. The second-order valence-corrected chi connectivity index (χ2v) is 4.89. The van der Waals surface area contributed by atoms with E-state index in [1.165, 1.54) is 30.5 Å². The van der Waals surface area contributed by atoms with Gasteiger partial charge in [0.05, 0.1) is 12.8 Å². The van der Waals surface area contributed by atoms with Crippen LogP contribution in [0.1, 0.15) is 30.5 Å². The lowest BCUT2D eigenvalue weighted by Gasteiger charge is -2.30. The van der Waals surface area contributed by atoms with E-state index in [-0.39, 0.29) is 0 Å². The first-order chi connectivity index (χ1) is 7.92. The van der Waals surface area contributed by atoms with Crippen LogP contribution in [0.5, 0.6) is 0 Å². The molecule has 1 fully saturated rings. The summed E-state index contributed by atoms with van der Waals surface area (Å²) < 4.78 is 5.50. The zero-order chi connectivity index (χ0) is 10.8. The first-order valence-electron chi connectivity index (χ1n) is 6.27. The van der Waals surface area contributed by atoms with Crippen LogP contribution in [0.4, 0.5) is 0 Å². The van der Waals surface area contributed by atoms with Crippen LogP contribution >= 0.6 is 0 Å². The Bertz CT molecular complexity index is 344. The Morgan fingerprint density at radius 3 is 3.25 bits per heavy atom. The van der Waals surface area contributed by atoms with E-state index in [2.05, 4.69) is 15.5 Å². The lowest BCUT2D eigenvalue weighted by atomic mass is 9.93. The molecule has 4 heteroatoms. The number of hydrogen-bond acceptors (Lipinski definition) is 3. The smallest absolute Gasteiger partial charge is 0.0619 e. The van der Waals surface area contributed by atoms with E-state index in [9.17, 15) is 0 Å². The van der Waals surface area contributed by atoms with Crippen molar-refractivity contribution >= 4 is 0 Å². The molecule has 0 aromatic carbocycles. The van der Waals surface area contributed by atoms with Crippen molar-refractivity contribution in [2.75, 3.05) is 13.2 Å². The van der Waals surface area contributed by atoms with Crippen LogP contribution in [-0.4, -0.2) is 35.5 Å². The van der Waals surface area contributed by atoms with Crippen molar-refractivity contribution in [1.29, 1.82) is 0 Å². The molecule has 1 saturated heterocycles. The van der Waals surface area contributed by atoms with Gasteiger partial charge in [0, 0.05) is 30.8 Å². The maximum Gasteiger partial charge on any atom is 0.0619 e. The summed E-state index contributed by atoms with van der Waals surface area (Å²) in [6, 6.07) is 1.16. The Kier molecular flexibility index (Phi) is 2.93. The van der Waals surface area contributed by atoms with Gasteiger partial charge < -0.3 is 10.1 Å². The molecule has 0 bridgehead atoms. The summed E-state index contributed by atoms with van der Waals surface area (Å²) >= 11 is 0. The van der Waals surface area contributed by atoms with Crippen molar-refractivity contribution < 1.29 is 4.74 Å². The van der Waals surface area contributed by atoms with Gasteiger partial charge in [0.25, 0.3) is 0 Å². The maximum absolute atomic E-state index is 5.50. The molecule has 1 aliphatic carbocycles. The third kappa shape index (κ3) is 2.13. The fourth-order valence-electron chi connectivity index (χ4n) is 2.76. The van der Waals surface area contributed by atoms with Gasteiger partial charge in [-0.3, -0.25) is 5.10 Å². The van der Waals surface area contributed by atoms with Gasteiger partial charge in [-0.2, -0.15) is 5.10 Å². The predicted molar refractivity (Wildman–Crippen MR) is 61.4 cm³/mol. The van der Waals surface area contributed by atoms with Crippen molar-refractivity contribution in [3.63, 3.8) is 0 Å². The Morgan fingerprint density at radius 1 is 1.38 bits per heavy atom. The van der Waals surface area contributed by atoms with Gasteiger partial charge in [-0.25, -0.2) is 0 Å².